The lowest BCUT2D eigenvalue weighted by Gasteiger charge is -2.03. The van der Waals surface area contributed by atoms with Gasteiger partial charge in [-0.05, 0) is 55.0 Å². The second-order valence-electron chi connectivity index (χ2n) is 5.61. The highest BCUT2D eigenvalue weighted by molar-refractivity contribution is 9.10. The molecular formula is C20H14BrClFNO2. The number of halogens is 3. The minimum Gasteiger partial charge on any atom is -0.457 e. The number of hydrogen-bond acceptors (Lipinski definition) is 2. The van der Waals surface area contributed by atoms with Crippen LogP contribution in [0.4, 0.5) is 10.1 Å². The number of anilines is 1. The Morgan fingerprint density at radius 3 is 2.73 bits per heavy atom. The monoisotopic (exact) mass is 433 g/mol. The lowest BCUT2D eigenvalue weighted by atomic mass is 10.1. The van der Waals surface area contributed by atoms with E-state index in [4.69, 9.17) is 16.0 Å². The van der Waals surface area contributed by atoms with Gasteiger partial charge in [-0.15, -0.1) is 0 Å². The third-order valence-electron chi connectivity index (χ3n) is 3.67. The number of carbonyl (C=O) groups excluding carboxylic acids is 1. The van der Waals surface area contributed by atoms with Crippen molar-refractivity contribution in [2.75, 3.05) is 5.32 Å². The number of nitrogens with one attached hydrogen (secondary N) is 1. The molecule has 2 aromatic carbocycles. The Hall–Kier alpha value is -2.37. The van der Waals surface area contributed by atoms with Gasteiger partial charge in [-0.2, -0.15) is 0 Å². The molecule has 0 spiro atoms. The zero-order valence-electron chi connectivity index (χ0n) is 13.7. The molecule has 132 valence electrons. The van der Waals surface area contributed by atoms with E-state index in [1.54, 1.807) is 18.2 Å². The summed E-state index contributed by atoms with van der Waals surface area (Å²) in [6.45, 7) is 1.93. The predicted molar refractivity (Wildman–Crippen MR) is 106 cm³/mol. The molecule has 1 heterocycles. The largest absolute Gasteiger partial charge is 0.457 e. The summed E-state index contributed by atoms with van der Waals surface area (Å²) in [5.74, 6) is 0.175. The highest BCUT2D eigenvalue weighted by Gasteiger charge is 2.07. The van der Waals surface area contributed by atoms with Gasteiger partial charge in [-0.1, -0.05) is 39.7 Å². The molecule has 3 nitrogen and oxygen atoms in total. The quantitative estimate of drug-likeness (QED) is 0.479. The first-order valence-electron chi connectivity index (χ1n) is 7.73. The minimum atomic E-state index is -0.516. The van der Waals surface area contributed by atoms with Crippen molar-refractivity contribution in [1.29, 1.82) is 0 Å². The van der Waals surface area contributed by atoms with Gasteiger partial charge in [-0.3, -0.25) is 4.79 Å². The summed E-state index contributed by atoms with van der Waals surface area (Å²) in [6, 6.07) is 13.6. The van der Waals surface area contributed by atoms with Crippen molar-refractivity contribution in [2.45, 2.75) is 6.92 Å². The van der Waals surface area contributed by atoms with Gasteiger partial charge in [0.15, 0.2) is 0 Å². The molecule has 0 fully saturated rings. The summed E-state index contributed by atoms with van der Waals surface area (Å²) in [6.07, 6.45) is 2.80. The Morgan fingerprint density at radius 2 is 2.00 bits per heavy atom. The van der Waals surface area contributed by atoms with Crippen LogP contribution in [-0.2, 0) is 4.79 Å². The van der Waals surface area contributed by atoms with Crippen LogP contribution in [0.25, 0.3) is 17.4 Å². The predicted octanol–water partition coefficient (Wildman–Crippen LogP) is 6.46. The number of aryl methyl sites for hydroxylation is 1. The highest BCUT2D eigenvalue weighted by atomic mass is 79.9. The smallest absolute Gasteiger partial charge is 0.248 e. The van der Waals surface area contributed by atoms with E-state index in [9.17, 15) is 9.18 Å². The molecule has 0 atom stereocenters. The molecule has 3 aromatic rings. The maximum atomic E-state index is 13.7. The van der Waals surface area contributed by atoms with Crippen molar-refractivity contribution in [3.8, 4) is 11.3 Å². The van der Waals surface area contributed by atoms with Gasteiger partial charge in [0.05, 0.1) is 5.69 Å². The van der Waals surface area contributed by atoms with E-state index in [0.717, 1.165) is 11.1 Å². The number of hydrogen-bond donors (Lipinski definition) is 1. The average Bonchev–Trinajstić information content (AvgIpc) is 3.07. The van der Waals surface area contributed by atoms with E-state index in [1.165, 1.54) is 24.3 Å². The van der Waals surface area contributed by atoms with Crippen LogP contribution in [0.15, 0.2) is 63.5 Å². The van der Waals surface area contributed by atoms with Crippen molar-refractivity contribution in [2.24, 2.45) is 0 Å². The van der Waals surface area contributed by atoms with Crippen LogP contribution in [0.3, 0.4) is 0 Å². The second-order valence-corrected chi connectivity index (χ2v) is 6.94. The van der Waals surface area contributed by atoms with E-state index in [-0.39, 0.29) is 5.69 Å². The second kappa shape index (κ2) is 7.89. The average molecular weight is 435 g/mol. The Kier molecular flexibility index (Phi) is 5.59. The lowest BCUT2D eigenvalue weighted by Crippen LogP contribution is -2.09. The molecule has 0 aliphatic rings. The number of furan rings is 1. The van der Waals surface area contributed by atoms with Crippen molar-refractivity contribution >= 4 is 45.2 Å². The number of rotatable bonds is 4. The van der Waals surface area contributed by atoms with E-state index >= 15 is 0 Å². The van der Waals surface area contributed by atoms with Crippen LogP contribution in [0.2, 0.25) is 5.02 Å². The summed E-state index contributed by atoms with van der Waals surface area (Å²) in [5, 5.41) is 3.14. The van der Waals surface area contributed by atoms with Crippen LogP contribution in [0.1, 0.15) is 11.3 Å². The molecule has 26 heavy (non-hydrogen) atoms. The molecule has 0 saturated carbocycles. The summed E-state index contributed by atoms with van der Waals surface area (Å²) in [5.41, 5.74) is 1.94. The van der Waals surface area contributed by atoms with Crippen molar-refractivity contribution in [1.82, 2.24) is 0 Å². The Labute approximate surface area is 163 Å². The number of benzene rings is 2. The topological polar surface area (TPSA) is 42.2 Å². The fourth-order valence-electron chi connectivity index (χ4n) is 2.27. The first kappa shape index (κ1) is 18.4. The van der Waals surface area contributed by atoms with Gasteiger partial charge in [-0.25, -0.2) is 4.39 Å². The normalized spacial score (nSPS) is 11.1. The van der Waals surface area contributed by atoms with Crippen LogP contribution in [0, 0.1) is 12.7 Å². The maximum absolute atomic E-state index is 13.7. The molecule has 0 bridgehead atoms. The molecule has 3 rings (SSSR count). The zero-order chi connectivity index (χ0) is 18.7. The Bertz CT molecular complexity index is 997. The highest BCUT2D eigenvalue weighted by Crippen LogP contribution is 2.27. The molecule has 0 radical (unpaired) electrons. The van der Waals surface area contributed by atoms with E-state index in [2.05, 4.69) is 21.2 Å². The zero-order valence-corrected chi connectivity index (χ0v) is 16.1. The van der Waals surface area contributed by atoms with E-state index in [1.807, 2.05) is 25.1 Å². The SMILES string of the molecule is Cc1ccc(-c2ccc(/C=C/C(=O)Nc3ccc(Br)cc3F)o2)cc1Cl. The maximum Gasteiger partial charge on any atom is 0.248 e. The summed E-state index contributed by atoms with van der Waals surface area (Å²) >= 11 is 9.30. The molecule has 6 heteroatoms. The molecule has 0 saturated heterocycles. The molecule has 0 unspecified atom stereocenters. The van der Waals surface area contributed by atoms with Gasteiger partial charge in [0, 0.05) is 21.1 Å². The van der Waals surface area contributed by atoms with Crippen molar-refractivity contribution < 1.29 is 13.6 Å². The van der Waals surface area contributed by atoms with Gasteiger partial charge < -0.3 is 9.73 Å². The van der Waals surface area contributed by atoms with E-state index in [0.29, 0.717) is 21.0 Å². The molecule has 1 N–H and O–H groups in total. The molecule has 0 aliphatic carbocycles. The third-order valence-corrected chi connectivity index (χ3v) is 4.57. The molecular weight excluding hydrogens is 421 g/mol. The van der Waals surface area contributed by atoms with Crippen LogP contribution in [0.5, 0.6) is 0 Å². The van der Waals surface area contributed by atoms with E-state index < -0.39 is 11.7 Å². The summed E-state index contributed by atoms with van der Waals surface area (Å²) < 4.78 is 20.0. The van der Waals surface area contributed by atoms with Crippen LogP contribution >= 0.6 is 27.5 Å². The van der Waals surface area contributed by atoms with Crippen molar-refractivity contribution in [3.63, 3.8) is 0 Å². The Morgan fingerprint density at radius 1 is 1.19 bits per heavy atom. The first-order valence-corrected chi connectivity index (χ1v) is 8.90. The fourth-order valence-corrected chi connectivity index (χ4v) is 2.78. The molecule has 1 amide bonds. The van der Waals surface area contributed by atoms with Gasteiger partial charge in [0.25, 0.3) is 0 Å². The first-order chi connectivity index (χ1) is 12.4. The summed E-state index contributed by atoms with van der Waals surface area (Å²) in [7, 11) is 0. The lowest BCUT2D eigenvalue weighted by molar-refractivity contribution is -0.111. The standard InChI is InChI=1S/C20H14BrClFNO2/c1-12-2-3-13(10-16(12)22)19-8-5-15(26-19)6-9-20(25)24-18-7-4-14(21)11-17(18)23/h2-11H,1H3,(H,24,25)/b9-6+. The number of carbonyl (C=O) groups is 1. The van der Waals surface area contributed by atoms with Gasteiger partial charge >= 0.3 is 0 Å². The van der Waals surface area contributed by atoms with Gasteiger partial charge in [0.1, 0.15) is 17.3 Å². The minimum absolute atomic E-state index is 0.109. The Balaban J connectivity index is 1.69. The molecule has 1 aromatic heterocycles. The fraction of sp³-hybridized carbons (Fsp3) is 0.0500. The van der Waals surface area contributed by atoms with Gasteiger partial charge in [0.2, 0.25) is 5.91 Å². The van der Waals surface area contributed by atoms with Crippen LogP contribution < -0.4 is 5.32 Å². The van der Waals surface area contributed by atoms with Crippen molar-refractivity contribution in [3.05, 3.63) is 81.2 Å². The number of amides is 1. The van der Waals surface area contributed by atoms with Crippen LogP contribution in [-0.4, -0.2) is 5.91 Å². The summed E-state index contributed by atoms with van der Waals surface area (Å²) in [4.78, 5) is 11.9. The third kappa shape index (κ3) is 4.42. The molecule has 0 aliphatic heterocycles.